The van der Waals surface area contributed by atoms with Crippen molar-refractivity contribution in [3.8, 4) is 0 Å². The molecule has 1 rings (SSSR count). The Balaban J connectivity index is 2.81. The maximum absolute atomic E-state index is 12.2. The number of ether oxygens (including phenoxy) is 2. The zero-order valence-electron chi connectivity index (χ0n) is 12.6. The van der Waals surface area contributed by atoms with E-state index in [0.717, 1.165) is 24.8 Å². The molecular formula is C16H24O4. The van der Waals surface area contributed by atoms with Gasteiger partial charge < -0.3 is 9.47 Å². The highest BCUT2D eigenvalue weighted by Gasteiger charge is 2.20. The molecule has 0 aromatic carbocycles. The summed E-state index contributed by atoms with van der Waals surface area (Å²) in [5, 5.41) is 0. The van der Waals surface area contributed by atoms with E-state index in [0.29, 0.717) is 6.42 Å². The van der Waals surface area contributed by atoms with E-state index in [2.05, 4.69) is 0 Å². The summed E-state index contributed by atoms with van der Waals surface area (Å²) in [6.07, 6.45) is 8.08. The van der Waals surface area contributed by atoms with E-state index >= 15 is 0 Å². The van der Waals surface area contributed by atoms with Gasteiger partial charge in [0.15, 0.2) is 5.78 Å². The summed E-state index contributed by atoms with van der Waals surface area (Å²) in [6.45, 7) is 3.95. The van der Waals surface area contributed by atoms with Gasteiger partial charge in [0.1, 0.15) is 12.7 Å². The second-order valence-corrected chi connectivity index (χ2v) is 5.19. The summed E-state index contributed by atoms with van der Waals surface area (Å²) in [4.78, 5) is 23.7. The van der Waals surface area contributed by atoms with Crippen LogP contribution >= 0.6 is 0 Å². The molecule has 112 valence electrons. The molecule has 20 heavy (non-hydrogen) atoms. The van der Waals surface area contributed by atoms with Gasteiger partial charge in [-0.1, -0.05) is 25.2 Å². The van der Waals surface area contributed by atoms with E-state index in [1.165, 1.54) is 0 Å². The van der Waals surface area contributed by atoms with E-state index in [9.17, 15) is 9.59 Å². The summed E-state index contributed by atoms with van der Waals surface area (Å²) in [7, 11) is 1.54. The number of carbonyl (C=O) groups excluding carboxylic acids is 2. The Bertz CT molecular complexity index is 395. The molecule has 0 bridgehead atoms. The van der Waals surface area contributed by atoms with Crippen molar-refractivity contribution in [2.24, 2.45) is 5.92 Å². The number of hydrogen-bond acceptors (Lipinski definition) is 4. The lowest BCUT2D eigenvalue weighted by Crippen LogP contribution is -2.26. The smallest absolute Gasteiger partial charge is 0.306 e. The van der Waals surface area contributed by atoms with Gasteiger partial charge in [-0.3, -0.25) is 9.59 Å². The molecular weight excluding hydrogens is 256 g/mol. The number of cyclic esters (lactones) is 1. The van der Waals surface area contributed by atoms with Crippen LogP contribution in [0.4, 0.5) is 0 Å². The molecule has 0 radical (unpaired) electrons. The highest BCUT2D eigenvalue weighted by Crippen LogP contribution is 2.12. The topological polar surface area (TPSA) is 52.6 Å². The molecule has 1 aliphatic heterocycles. The zero-order valence-corrected chi connectivity index (χ0v) is 12.6. The first-order valence-corrected chi connectivity index (χ1v) is 7.10. The lowest BCUT2D eigenvalue weighted by molar-refractivity contribution is -0.142. The third kappa shape index (κ3) is 5.70. The second kappa shape index (κ2) is 8.69. The van der Waals surface area contributed by atoms with Crippen molar-refractivity contribution < 1.29 is 19.1 Å². The van der Waals surface area contributed by atoms with Gasteiger partial charge in [-0.15, -0.1) is 0 Å². The van der Waals surface area contributed by atoms with Gasteiger partial charge in [0.2, 0.25) is 0 Å². The average molecular weight is 280 g/mol. The first-order chi connectivity index (χ1) is 9.54. The Morgan fingerprint density at radius 2 is 2.05 bits per heavy atom. The molecule has 1 heterocycles. The van der Waals surface area contributed by atoms with Crippen molar-refractivity contribution >= 4 is 11.8 Å². The van der Waals surface area contributed by atoms with Crippen LogP contribution in [0.5, 0.6) is 0 Å². The lowest BCUT2D eigenvalue weighted by Gasteiger charge is -2.15. The van der Waals surface area contributed by atoms with Crippen LogP contribution in [0, 0.1) is 5.92 Å². The fourth-order valence-electron chi connectivity index (χ4n) is 2.12. The third-order valence-corrected chi connectivity index (χ3v) is 3.29. The number of hydrogen-bond donors (Lipinski definition) is 0. The minimum atomic E-state index is -0.500. The highest BCUT2D eigenvalue weighted by atomic mass is 16.5. The second-order valence-electron chi connectivity index (χ2n) is 5.19. The molecule has 4 nitrogen and oxygen atoms in total. The van der Waals surface area contributed by atoms with Gasteiger partial charge in [0.05, 0.1) is 0 Å². The molecule has 0 amide bonds. The Morgan fingerprint density at radius 3 is 2.75 bits per heavy atom. The van der Waals surface area contributed by atoms with Gasteiger partial charge in [0.25, 0.3) is 0 Å². The molecule has 1 unspecified atom stereocenters. The monoisotopic (exact) mass is 280 g/mol. The number of carbonyl (C=O) groups is 2. The van der Waals surface area contributed by atoms with Crippen molar-refractivity contribution in [3.05, 3.63) is 23.8 Å². The van der Waals surface area contributed by atoms with E-state index in [-0.39, 0.29) is 24.3 Å². The first-order valence-electron chi connectivity index (χ1n) is 7.10. The van der Waals surface area contributed by atoms with E-state index in [1.54, 1.807) is 7.11 Å². The number of methoxy groups -OCH3 is 1. The van der Waals surface area contributed by atoms with Crippen LogP contribution in [-0.2, 0) is 19.1 Å². The van der Waals surface area contributed by atoms with Crippen molar-refractivity contribution in [1.82, 2.24) is 0 Å². The Hall–Kier alpha value is -1.42. The molecule has 0 saturated carbocycles. The van der Waals surface area contributed by atoms with Crippen LogP contribution in [0.25, 0.3) is 0 Å². The molecule has 0 aromatic heterocycles. The van der Waals surface area contributed by atoms with Gasteiger partial charge in [-0.25, -0.2) is 0 Å². The van der Waals surface area contributed by atoms with Gasteiger partial charge in [0, 0.05) is 19.4 Å². The average Bonchev–Trinajstić information content (AvgIpc) is 2.43. The van der Waals surface area contributed by atoms with Gasteiger partial charge >= 0.3 is 5.97 Å². The largest absolute Gasteiger partial charge is 0.461 e. The maximum Gasteiger partial charge on any atom is 0.306 e. The van der Waals surface area contributed by atoms with Crippen LogP contribution in [0.15, 0.2) is 23.8 Å². The van der Waals surface area contributed by atoms with Crippen molar-refractivity contribution in [1.29, 1.82) is 0 Å². The highest BCUT2D eigenvalue weighted by molar-refractivity contribution is 5.88. The lowest BCUT2D eigenvalue weighted by atomic mass is 9.98. The Kier molecular flexibility index (Phi) is 7.23. The molecule has 0 saturated heterocycles. The summed E-state index contributed by atoms with van der Waals surface area (Å²) in [5.74, 6) is -0.412. The fraction of sp³-hybridized carbons (Fsp3) is 0.625. The summed E-state index contributed by atoms with van der Waals surface area (Å²) < 4.78 is 10.4. The minimum Gasteiger partial charge on any atom is -0.461 e. The predicted molar refractivity (Wildman–Crippen MR) is 77.3 cm³/mol. The summed E-state index contributed by atoms with van der Waals surface area (Å²) in [6, 6.07) is 0. The molecule has 0 N–H and O–H groups in total. The van der Waals surface area contributed by atoms with E-state index in [1.807, 2.05) is 32.1 Å². The summed E-state index contributed by atoms with van der Waals surface area (Å²) >= 11 is 0. The molecule has 0 spiro atoms. The SMILES string of the molecule is CO[C@H]1C=CCCCCC(=O)OCC(C)=CC(C)C1=O. The Labute approximate surface area is 120 Å². The third-order valence-electron chi connectivity index (χ3n) is 3.29. The zero-order chi connectivity index (χ0) is 15.0. The number of esters is 1. The standard InChI is InChI=1S/C16H24O4/c1-12-10-13(2)16(18)14(19-3)8-6-4-5-7-9-15(17)20-11-12/h6,8,10,13-14H,4-5,7,9,11H2,1-3H3/t13?,14-/m0/s1. The molecule has 0 aliphatic carbocycles. The van der Waals surface area contributed by atoms with Crippen LogP contribution in [-0.4, -0.2) is 31.6 Å². The first kappa shape index (κ1) is 16.6. The normalized spacial score (nSPS) is 26.6. The minimum absolute atomic E-state index is 0.0199. The number of rotatable bonds is 1. The van der Waals surface area contributed by atoms with Crippen LogP contribution in [0.3, 0.4) is 0 Å². The number of allylic oxidation sites excluding steroid dienone is 2. The van der Waals surface area contributed by atoms with E-state index in [4.69, 9.17) is 9.47 Å². The fourth-order valence-corrected chi connectivity index (χ4v) is 2.12. The van der Waals surface area contributed by atoms with Crippen molar-refractivity contribution in [3.63, 3.8) is 0 Å². The Morgan fingerprint density at radius 1 is 1.30 bits per heavy atom. The van der Waals surface area contributed by atoms with Crippen molar-refractivity contribution in [2.45, 2.75) is 45.6 Å². The molecule has 0 fully saturated rings. The molecule has 4 heteroatoms. The van der Waals surface area contributed by atoms with Gasteiger partial charge in [-0.05, 0) is 31.8 Å². The number of ketones is 1. The molecule has 2 atom stereocenters. The van der Waals surface area contributed by atoms with Gasteiger partial charge in [-0.2, -0.15) is 0 Å². The van der Waals surface area contributed by atoms with Crippen LogP contribution in [0.1, 0.15) is 39.5 Å². The molecule has 0 aromatic rings. The number of Topliss-reactive ketones (excluding diaryl/α,β-unsaturated/α-hetero) is 1. The molecule has 1 aliphatic rings. The van der Waals surface area contributed by atoms with Crippen molar-refractivity contribution in [2.75, 3.05) is 13.7 Å². The van der Waals surface area contributed by atoms with E-state index < -0.39 is 6.10 Å². The van der Waals surface area contributed by atoms with Crippen LogP contribution in [0.2, 0.25) is 0 Å². The quantitative estimate of drug-likeness (QED) is 0.547. The summed E-state index contributed by atoms with van der Waals surface area (Å²) in [5.41, 5.74) is 0.884. The van der Waals surface area contributed by atoms with Crippen LogP contribution < -0.4 is 0 Å². The maximum atomic E-state index is 12.2. The predicted octanol–water partition coefficient (Wildman–Crippen LogP) is 2.83.